The molecule has 1 saturated heterocycles. The van der Waals surface area contributed by atoms with Gasteiger partial charge in [-0.2, -0.15) is 0 Å². The maximum absolute atomic E-state index is 11.7. The molecule has 0 aromatic heterocycles. The zero-order valence-corrected chi connectivity index (χ0v) is 8.84. The molecule has 1 N–H and O–H groups in total. The molecule has 2 atom stereocenters. The first-order chi connectivity index (χ1) is 6.78. The second-order valence-electron chi connectivity index (χ2n) is 4.51. The van der Waals surface area contributed by atoms with Gasteiger partial charge in [-0.3, -0.25) is 4.79 Å². The molecule has 0 aromatic carbocycles. The summed E-state index contributed by atoms with van der Waals surface area (Å²) in [5, 5.41) is 3.54. The summed E-state index contributed by atoms with van der Waals surface area (Å²) in [7, 11) is 1.50. The highest BCUT2D eigenvalue weighted by molar-refractivity contribution is 5.74. The van der Waals surface area contributed by atoms with Crippen molar-refractivity contribution in [2.45, 2.75) is 44.1 Å². The quantitative estimate of drug-likeness (QED) is 0.647. The third-order valence-corrected chi connectivity index (χ3v) is 3.80. The molecule has 2 rings (SSSR count). The minimum absolute atomic E-state index is 0.0147. The fraction of sp³-hybridized carbons (Fsp3) is 0.909. The third-order valence-electron chi connectivity index (χ3n) is 3.80. The summed E-state index contributed by atoms with van der Waals surface area (Å²) in [6, 6.07) is 0. The number of methoxy groups -OCH3 is 1. The smallest absolute Gasteiger partial charge is 0.310 e. The van der Waals surface area contributed by atoms with Crippen molar-refractivity contribution < 1.29 is 9.53 Å². The lowest BCUT2D eigenvalue weighted by Gasteiger charge is -2.39. The van der Waals surface area contributed by atoms with Crippen LogP contribution in [0.2, 0.25) is 0 Å². The van der Waals surface area contributed by atoms with E-state index in [0.29, 0.717) is 0 Å². The van der Waals surface area contributed by atoms with Gasteiger partial charge in [0.15, 0.2) is 0 Å². The number of hydrogen-bond donors (Lipinski definition) is 1. The van der Waals surface area contributed by atoms with E-state index in [4.69, 9.17) is 4.74 Å². The van der Waals surface area contributed by atoms with Crippen molar-refractivity contribution in [2.24, 2.45) is 5.92 Å². The zero-order chi connectivity index (χ0) is 10.0. The summed E-state index contributed by atoms with van der Waals surface area (Å²) in [5.41, 5.74) is 0.0886. The molecule has 0 radical (unpaired) electrons. The van der Waals surface area contributed by atoms with Crippen LogP contribution in [-0.4, -0.2) is 25.2 Å². The molecule has 0 aromatic rings. The van der Waals surface area contributed by atoms with Gasteiger partial charge in [-0.25, -0.2) is 0 Å². The number of carbonyl (C=O) groups is 1. The average Bonchev–Trinajstić information content (AvgIpc) is 2.67. The first kappa shape index (κ1) is 9.97. The first-order valence-electron chi connectivity index (χ1n) is 5.61. The molecule has 1 heterocycles. The SMILES string of the molecule is COC(=O)C1CCCCC12CCCN2. The number of rotatable bonds is 1. The van der Waals surface area contributed by atoms with E-state index in [1.807, 2.05) is 0 Å². The van der Waals surface area contributed by atoms with Crippen LogP contribution in [0.15, 0.2) is 0 Å². The minimum atomic E-state index is -0.0147. The monoisotopic (exact) mass is 197 g/mol. The fourth-order valence-electron chi connectivity index (χ4n) is 3.07. The van der Waals surface area contributed by atoms with Crippen LogP contribution in [0.5, 0.6) is 0 Å². The van der Waals surface area contributed by atoms with Crippen molar-refractivity contribution in [2.75, 3.05) is 13.7 Å². The summed E-state index contributed by atoms with van der Waals surface area (Å²) >= 11 is 0. The van der Waals surface area contributed by atoms with Gasteiger partial charge in [0.1, 0.15) is 0 Å². The summed E-state index contributed by atoms with van der Waals surface area (Å²) in [5.74, 6) is 0.0860. The Balaban J connectivity index is 2.14. The first-order valence-corrected chi connectivity index (χ1v) is 5.61. The molecule has 3 nitrogen and oxygen atoms in total. The minimum Gasteiger partial charge on any atom is -0.469 e. The van der Waals surface area contributed by atoms with Gasteiger partial charge >= 0.3 is 5.97 Å². The topological polar surface area (TPSA) is 38.3 Å². The van der Waals surface area contributed by atoms with E-state index in [1.165, 1.54) is 26.4 Å². The lowest BCUT2D eigenvalue weighted by molar-refractivity contribution is -0.149. The van der Waals surface area contributed by atoms with Gasteiger partial charge in [0, 0.05) is 5.54 Å². The highest BCUT2D eigenvalue weighted by Crippen LogP contribution is 2.40. The molecular weight excluding hydrogens is 178 g/mol. The number of esters is 1. The molecule has 2 unspecified atom stereocenters. The van der Waals surface area contributed by atoms with Gasteiger partial charge < -0.3 is 10.1 Å². The highest BCUT2D eigenvalue weighted by atomic mass is 16.5. The Labute approximate surface area is 85.2 Å². The molecule has 1 spiro atoms. The molecule has 1 saturated carbocycles. The summed E-state index contributed by atoms with van der Waals surface area (Å²) in [6.07, 6.45) is 6.91. The van der Waals surface area contributed by atoms with Crippen LogP contribution >= 0.6 is 0 Å². The van der Waals surface area contributed by atoms with Crippen LogP contribution in [0.1, 0.15) is 38.5 Å². The van der Waals surface area contributed by atoms with Gasteiger partial charge in [-0.15, -0.1) is 0 Å². The van der Waals surface area contributed by atoms with E-state index in [2.05, 4.69) is 5.32 Å². The van der Waals surface area contributed by atoms with E-state index in [0.717, 1.165) is 25.8 Å². The Hall–Kier alpha value is -0.570. The van der Waals surface area contributed by atoms with E-state index in [1.54, 1.807) is 0 Å². The standard InChI is InChI=1S/C11H19NO2/c1-14-10(13)9-5-2-3-6-11(9)7-4-8-12-11/h9,12H,2-8H2,1H3. The van der Waals surface area contributed by atoms with Crippen LogP contribution in [0, 0.1) is 5.92 Å². The van der Waals surface area contributed by atoms with E-state index in [-0.39, 0.29) is 17.4 Å². The Morgan fingerprint density at radius 2 is 2.14 bits per heavy atom. The summed E-state index contributed by atoms with van der Waals surface area (Å²) < 4.78 is 4.90. The van der Waals surface area contributed by atoms with Crippen molar-refractivity contribution >= 4 is 5.97 Å². The van der Waals surface area contributed by atoms with Crippen LogP contribution in [0.4, 0.5) is 0 Å². The predicted octanol–water partition coefficient (Wildman–Crippen LogP) is 1.47. The second-order valence-corrected chi connectivity index (χ2v) is 4.51. The zero-order valence-electron chi connectivity index (χ0n) is 8.84. The van der Waals surface area contributed by atoms with Crippen LogP contribution in [0.3, 0.4) is 0 Å². The van der Waals surface area contributed by atoms with Crippen LogP contribution in [-0.2, 0) is 9.53 Å². The van der Waals surface area contributed by atoms with Crippen molar-refractivity contribution in [1.29, 1.82) is 0 Å². The van der Waals surface area contributed by atoms with Gasteiger partial charge in [0.25, 0.3) is 0 Å². The van der Waals surface area contributed by atoms with E-state index >= 15 is 0 Å². The summed E-state index contributed by atoms with van der Waals surface area (Å²) in [4.78, 5) is 11.7. The number of ether oxygens (including phenoxy) is 1. The maximum atomic E-state index is 11.7. The predicted molar refractivity (Wildman–Crippen MR) is 53.9 cm³/mol. The second kappa shape index (κ2) is 3.89. The molecule has 14 heavy (non-hydrogen) atoms. The largest absolute Gasteiger partial charge is 0.469 e. The Kier molecular flexibility index (Phi) is 2.77. The summed E-state index contributed by atoms with van der Waals surface area (Å²) in [6.45, 7) is 1.06. The van der Waals surface area contributed by atoms with Gasteiger partial charge in [0.2, 0.25) is 0 Å². The number of carbonyl (C=O) groups excluding carboxylic acids is 1. The highest BCUT2D eigenvalue weighted by Gasteiger charge is 2.46. The van der Waals surface area contributed by atoms with Gasteiger partial charge in [0.05, 0.1) is 13.0 Å². The molecule has 80 valence electrons. The van der Waals surface area contributed by atoms with Crippen molar-refractivity contribution in [3.63, 3.8) is 0 Å². The van der Waals surface area contributed by atoms with Crippen molar-refractivity contribution in [3.8, 4) is 0 Å². The number of nitrogens with one attached hydrogen (secondary N) is 1. The fourth-order valence-corrected chi connectivity index (χ4v) is 3.07. The van der Waals surface area contributed by atoms with E-state index in [9.17, 15) is 4.79 Å². The van der Waals surface area contributed by atoms with E-state index < -0.39 is 0 Å². The molecule has 0 bridgehead atoms. The maximum Gasteiger partial charge on any atom is 0.310 e. The normalized spacial score (nSPS) is 37.4. The molecule has 0 amide bonds. The number of hydrogen-bond acceptors (Lipinski definition) is 3. The van der Waals surface area contributed by atoms with Crippen LogP contribution in [0.25, 0.3) is 0 Å². The van der Waals surface area contributed by atoms with Crippen molar-refractivity contribution in [3.05, 3.63) is 0 Å². The molecule has 3 heteroatoms. The Morgan fingerprint density at radius 3 is 2.79 bits per heavy atom. The van der Waals surface area contributed by atoms with Crippen molar-refractivity contribution in [1.82, 2.24) is 5.32 Å². The van der Waals surface area contributed by atoms with Gasteiger partial charge in [-0.05, 0) is 32.2 Å². The lowest BCUT2D eigenvalue weighted by atomic mass is 9.72. The molecule has 2 fully saturated rings. The third kappa shape index (κ3) is 1.54. The van der Waals surface area contributed by atoms with Crippen LogP contribution < -0.4 is 5.32 Å². The molecule has 1 aliphatic carbocycles. The molecular formula is C11H19NO2. The molecule has 2 aliphatic rings. The Morgan fingerprint density at radius 1 is 1.36 bits per heavy atom. The Bertz CT molecular complexity index is 221. The average molecular weight is 197 g/mol. The van der Waals surface area contributed by atoms with Gasteiger partial charge in [-0.1, -0.05) is 12.8 Å². The lowest BCUT2D eigenvalue weighted by Crippen LogP contribution is -2.52. The molecule has 1 aliphatic heterocycles.